The van der Waals surface area contributed by atoms with Crippen LogP contribution in [-0.4, -0.2) is 25.3 Å². The minimum Gasteiger partial charge on any atom is -0.207 e. The van der Waals surface area contributed by atoms with E-state index in [1.54, 1.807) is 16.4 Å². The Hall–Kier alpha value is -1.13. The van der Waals surface area contributed by atoms with Crippen LogP contribution in [0.2, 0.25) is 0 Å². The Morgan fingerprint density at radius 1 is 1.41 bits per heavy atom. The van der Waals surface area contributed by atoms with E-state index in [1.807, 2.05) is 25.1 Å². The van der Waals surface area contributed by atoms with Crippen molar-refractivity contribution in [3.05, 3.63) is 42.5 Å². The van der Waals surface area contributed by atoms with Gasteiger partial charge in [0.2, 0.25) is 10.0 Å². The van der Waals surface area contributed by atoms with Crippen LogP contribution in [0.25, 0.3) is 0 Å². The largest absolute Gasteiger partial charge is 0.243 e. The molecule has 1 aromatic rings. The number of aryl methyl sites for hydroxylation is 1. The molecule has 2 rings (SSSR count). The van der Waals surface area contributed by atoms with Gasteiger partial charge in [-0.05, 0) is 31.9 Å². The maximum Gasteiger partial charge on any atom is 0.243 e. The molecule has 0 amide bonds. The fourth-order valence-corrected chi connectivity index (χ4v) is 3.46. The molecule has 17 heavy (non-hydrogen) atoms. The van der Waals surface area contributed by atoms with E-state index in [1.165, 1.54) is 0 Å². The van der Waals surface area contributed by atoms with Gasteiger partial charge in [0, 0.05) is 12.6 Å². The van der Waals surface area contributed by atoms with E-state index in [9.17, 15) is 8.42 Å². The molecule has 2 unspecified atom stereocenters. The Labute approximate surface area is 103 Å². The summed E-state index contributed by atoms with van der Waals surface area (Å²) in [5.41, 5.74) is 1.07. The number of allylic oxidation sites excluding steroid dienone is 1. The molecule has 0 bridgehead atoms. The zero-order valence-corrected chi connectivity index (χ0v) is 10.8. The SMILES string of the molecule is C=CCCC1CN1S(=O)(=O)c1ccc(C)cc1. The lowest BCUT2D eigenvalue weighted by molar-refractivity contribution is 0.548. The van der Waals surface area contributed by atoms with Crippen LogP contribution in [0.15, 0.2) is 41.8 Å². The molecule has 1 aliphatic heterocycles. The van der Waals surface area contributed by atoms with Gasteiger partial charge in [-0.3, -0.25) is 0 Å². The van der Waals surface area contributed by atoms with E-state index in [-0.39, 0.29) is 6.04 Å². The molecule has 3 nitrogen and oxygen atoms in total. The van der Waals surface area contributed by atoms with Crippen molar-refractivity contribution in [2.75, 3.05) is 6.54 Å². The summed E-state index contributed by atoms with van der Waals surface area (Å²) in [7, 11) is -3.26. The Morgan fingerprint density at radius 3 is 2.65 bits per heavy atom. The summed E-state index contributed by atoms with van der Waals surface area (Å²) in [5.74, 6) is 0. The summed E-state index contributed by atoms with van der Waals surface area (Å²) in [6.07, 6.45) is 3.56. The van der Waals surface area contributed by atoms with Gasteiger partial charge in [-0.25, -0.2) is 8.42 Å². The number of hydrogen-bond donors (Lipinski definition) is 0. The maximum absolute atomic E-state index is 12.2. The fraction of sp³-hybridized carbons (Fsp3) is 0.385. The van der Waals surface area contributed by atoms with Crippen LogP contribution in [0, 0.1) is 6.92 Å². The first-order valence-electron chi connectivity index (χ1n) is 5.75. The third-order valence-electron chi connectivity index (χ3n) is 3.00. The molecule has 1 heterocycles. The van der Waals surface area contributed by atoms with Crippen LogP contribution in [0.4, 0.5) is 0 Å². The van der Waals surface area contributed by atoms with Crippen molar-refractivity contribution >= 4 is 10.0 Å². The van der Waals surface area contributed by atoms with Gasteiger partial charge in [-0.2, -0.15) is 4.31 Å². The predicted molar refractivity (Wildman–Crippen MR) is 68.3 cm³/mol. The van der Waals surface area contributed by atoms with Crippen LogP contribution in [-0.2, 0) is 10.0 Å². The summed E-state index contributed by atoms with van der Waals surface area (Å²) in [5, 5.41) is 0. The number of rotatable bonds is 5. The summed E-state index contributed by atoms with van der Waals surface area (Å²) in [6, 6.07) is 7.17. The highest BCUT2D eigenvalue weighted by atomic mass is 32.2. The standard InChI is InChI=1S/C13H17NO2S/c1-3-4-5-12-10-14(12)17(15,16)13-8-6-11(2)7-9-13/h3,6-9,12H,1,4-5,10H2,2H3. The van der Waals surface area contributed by atoms with Crippen LogP contribution in [0.1, 0.15) is 18.4 Å². The van der Waals surface area contributed by atoms with Crippen LogP contribution < -0.4 is 0 Å². The Balaban J connectivity index is 2.10. The lowest BCUT2D eigenvalue weighted by Gasteiger charge is -2.06. The van der Waals surface area contributed by atoms with Gasteiger partial charge < -0.3 is 0 Å². The van der Waals surface area contributed by atoms with Gasteiger partial charge in [0.1, 0.15) is 0 Å². The smallest absolute Gasteiger partial charge is 0.207 e. The second-order valence-corrected chi connectivity index (χ2v) is 6.30. The predicted octanol–water partition coefficient (Wildman–Crippen LogP) is 2.33. The molecule has 0 spiro atoms. The van der Waals surface area contributed by atoms with Crippen molar-refractivity contribution in [3.63, 3.8) is 0 Å². The molecule has 0 aliphatic carbocycles. The molecule has 0 saturated carbocycles. The minimum absolute atomic E-state index is 0.166. The molecule has 0 aromatic heterocycles. The topological polar surface area (TPSA) is 37.1 Å². The Morgan fingerprint density at radius 2 is 2.06 bits per heavy atom. The molecule has 0 radical (unpaired) electrons. The third-order valence-corrected chi connectivity index (χ3v) is 4.93. The van der Waals surface area contributed by atoms with Crippen molar-refractivity contribution in [3.8, 4) is 0 Å². The van der Waals surface area contributed by atoms with Gasteiger partial charge in [-0.1, -0.05) is 23.8 Å². The molecule has 0 N–H and O–H groups in total. The van der Waals surface area contributed by atoms with E-state index in [2.05, 4.69) is 6.58 Å². The number of nitrogens with zero attached hydrogens (tertiary/aromatic N) is 1. The van der Waals surface area contributed by atoms with Crippen LogP contribution >= 0.6 is 0 Å². The van der Waals surface area contributed by atoms with E-state index in [0.29, 0.717) is 11.4 Å². The first-order chi connectivity index (χ1) is 8.05. The molecule has 4 heteroatoms. The number of benzene rings is 1. The first-order valence-corrected chi connectivity index (χ1v) is 7.19. The van der Waals surface area contributed by atoms with Gasteiger partial charge in [0.05, 0.1) is 4.90 Å². The van der Waals surface area contributed by atoms with Crippen LogP contribution in [0.5, 0.6) is 0 Å². The first kappa shape index (κ1) is 12.3. The average Bonchev–Trinajstić information content (AvgIpc) is 3.07. The lowest BCUT2D eigenvalue weighted by atomic mass is 10.2. The molecule has 1 aromatic carbocycles. The van der Waals surface area contributed by atoms with E-state index in [4.69, 9.17) is 0 Å². The summed E-state index contributed by atoms with van der Waals surface area (Å²) >= 11 is 0. The number of hydrogen-bond acceptors (Lipinski definition) is 2. The summed E-state index contributed by atoms with van der Waals surface area (Å²) in [4.78, 5) is 0.393. The third kappa shape index (κ3) is 2.58. The van der Waals surface area contributed by atoms with E-state index in [0.717, 1.165) is 18.4 Å². The molecule has 1 aliphatic rings. The van der Waals surface area contributed by atoms with Crippen molar-refractivity contribution in [1.29, 1.82) is 0 Å². The summed E-state index contributed by atoms with van der Waals surface area (Å²) in [6.45, 7) is 6.24. The van der Waals surface area contributed by atoms with Gasteiger partial charge >= 0.3 is 0 Å². The van der Waals surface area contributed by atoms with Gasteiger partial charge in [-0.15, -0.1) is 6.58 Å². The van der Waals surface area contributed by atoms with Gasteiger partial charge in [0.25, 0.3) is 0 Å². The van der Waals surface area contributed by atoms with Crippen LogP contribution in [0.3, 0.4) is 0 Å². The molecular weight excluding hydrogens is 234 g/mol. The van der Waals surface area contributed by atoms with Crippen molar-refractivity contribution in [2.45, 2.75) is 30.7 Å². The summed E-state index contributed by atoms with van der Waals surface area (Å²) < 4.78 is 25.9. The molecule has 92 valence electrons. The maximum atomic E-state index is 12.2. The highest BCUT2D eigenvalue weighted by Crippen LogP contribution is 2.31. The second-order valence-electron chi connectivity index (χ2n) is 4.41. The minimum atomic E-state index is -3.26. The highest BCUT2D eigenvalue weighted by molar-refractivity contribution is 7.89. The van der Waals surface area contributed by atoms with Crippen molar-refractivity contribution < 1.29 is 8.42 Å². The quantitative estimate of drug-likeness (QED) is 0.595. The zero-order chi connectivity index (χ0) is 12.5. The van der Waals surface area contributed by atoms with Gasteiger partial charge in [0.15, 0.2) is 0 Å². The van der Waals surface area contributed by atoms with E-state index < -0.39 is 10.0 Å². The van der Waals surface area contributed by atoms with E-state index >= 15 is 0 Å². The monoisotopic (exact) mass is 251 g/mol. The average molecular weight is 251 g/mol. The molecule has 1 fully saturated rings. The second kappa shape index (κ2) is 4.63. The lowest BCUT2D eigenvalue weighted by Crippen LogP contribution is -2.14. The molecule has 2 atom stereocenters. The molecule has 1 saturated heterocycles. The number of sulfonamides is 1. The Bertz CT molecular complexity index is 505. The molecular formula is C13H17NO2S. The normalized spacial score (nSPS) is 23.4. The highest BCUT2D eigenvalue weighted by Gasteiger charge is 2.43. The Kier molecular flexibility index (Phi) is 3.35. The fourth-order valence-electron chi connectivity index (χ4n) is 1.85. The van der Waals surface area contributed by atoms with Crippen molar-refractivity contribution in [2.24, 2.45) is 0 Å². The van der Waals surface area contributed by atoms with Crippen molar-refractivity contribution in [1.82, 2.24) is 4.31 Å². The zero-order valence-electron chi connectivity index (χ0n) is 9.96.